The van der Waals surface area contributed by atoms with Crippen LogP contribution in [0.5, 0.6) is 11.5 Å². The summed E-state index contributed by atoms with van der Waals surface area (Å²) in [5, 5.41) is 66.2. The Morgan fingerprint density at radius 1 is 0.487 bits per heavy atom. The van der Waals surface area contributed by atoms with Gasteiger partial charge >= 0.3 is 5.97 Å². The lowest BCUT2D eigenvalue weighted by Gasteiger charge is -2.30. The van der Waals surface area contributed by atoms with Crippen molar-refractivity contribution >= 4 is 59.1 Å². The molecule has 0 heterocycles. The second kappa shape index (κ2) is 36.0. The maximum Gasteiger partial charge on any atom is 0.303 e. The molecule has 0 bridgehead atoms. The Hall–Kier alpha value is -7.34. The van der Waals surface area contributed by atoms with Gasteiger partial charge in [-0.05, 0) is 92.8 Å². The molecule has 0 aliphatic heterocycles. The molecule has 9 atom stereocenters. The zero-order valence-electron chi connectivity index (χ0n) is 47.7. The van der Waals surface area contributed by atoms with E-state index in [2.05, 4.69) is 53.2 Å². The third-order valence-electron chi connectivity index (χ3n) is 13.0. The molecule has 2 aromatic rings. The van der Waals surface area contributed by atoms with Gasteiger partial charge in [0.2, 0.25) is 53.2 Å². The minimum atomic E-state index is -1.66. The number of aromatic hydroxyl groups is 2. The van der Waals surface area contributed by atoms with Crippen molar-refractivity contribution < 1.29 is 68.4 Å². The Morgan fingerprint density at radius 3 is 1.34 bits per heavy atom. The van der Waals surface area contributed by atoms with E-state index in [1.54, 1.807) is 46.8 Å². The fourth-order valence-corrected chi connectivity index (χ4v) is 8.44. The van der Waals surface area contributed by atoms with E-state index in [4.69, 9.17) is 0 Å². The van der Waals surface area contributed by atoms with Gasteiger partial charge in [0.05, 0.1) is 13.2 Å². The van der Waals surface area contributed by atoms with Crippen molar-refractivity contribution in [1.82, 2.24) is 53.2 Å². The van der Waals surface area contributed by atoms with Gasteiger partial charge in [0.15, 0.2) is 0 Å². The van der Waals surface area contributed by atoms with Crippen molar-refractivity contribution in [1.29, 1.82) is 0 Å². The number of hydrogen-bond acceptors (Lipinski definition) is 14. The van der Waals surface area contributed by atoms with Gasteiger partial charge in [-0.2, -0.15) is 0 Å². The molecule has 24 heteroatoms. The minimum absolute atomic E-state index is 0.0215. The summed E-state index contributed by atoms with van der Waals surface area (Å²) in [7, 11) is 1.51. The summed E-state index contributed by atoms with van der Waals surface area (Å²) >= 11 is 0. The summed E-state index contributed by atoms with van der Waals surface area (Å²) in [5.74, 6) is -9.00. The van der Waals surface area contributed by atoms with E-state index in [-0.39, 0.29) is 74.9 Å². The topological polar surface area (TPSA) is 372 Å². The van der Waals surface area contributed by atoms with Crippen molar-refractivity contribution in [3.05, 3.63) is 59.7 Å². The highest BCUT2D eigenvalue weighted by atomic mass is 16.4. The molecule has 0 unspecified atom stereocenters. The Bertz CT molecular complexity index is 2340. The highest BCUT2D eigenvalue weighted by Gasteiger charge is 2.36. The van der Waals surface area contributed by atoms with Gasteiger partial charge in [0.1, 0.15) is 59.8 Å². The number of nitrogens with one attached hydrogen (secondary N) is 10. The van der Waals surface area contributed by atoms with Crippen LogP contribution in [-0.2, 0) is 60.8 Å². The van der Waals surface area contributed by atoms with Crippen molar-refractivity contribution in [2.75, 3.05) is 26.7 Å². The van der Waals surface area contributed by atoms with Gasteiger partial charge in [0.25, 0.3) is 0 Å². The fourth-order valence-electron chi connectivity index (χ4n) is 8.44. The lowest BCUT2D eigenvalue weighted by molar-refractivity contribution is -0.138. The number of phenolic OH excluding ortho intramolecular Hbond substituents is 2. The van der Waals surface area contributed by atoms with Gasteiger partial charge in [-0.3, -0.25) is 47.9 Å². The molecule has 446 valence electrons. The Kier molecular flexibility index (Phi) is 31.0. The molecular formula is C56H88N10O14. The number of carbonyl (C=O) groups excluding carboxylic acids is 9. The number of rotatable bonds is 37. The minimum Gasteiger partial charge on any atom is -0.508 e. The first-order chi connectivity index (χ1) is 37.8. The molecule has 0 saturated carbocycles. The smallest absolute Gasteiger partial charge is 0.303 e. The summed E-state index contributed by atoms with van der Waals surface area (Å²) in [6.07, 6.45) is 1.48. The predicted octanol–water partition coefficient (Wildman–Crippen LogP) is 0.693. The molecule has 9 amide bonds. The van der Waals surface area contributed by atoms with E-state index in [0.717, 1.165) is 6.42 Å². The van der Waals surface area contributed by atoms with Crippen LogP contribution in [0.2, 0.25) is 0 Å². The van der Waals surface area contributed by atoms with Crippen LogP contribution in [0.25, 0.3) is 0 Å². The third kappa shape index (κ3) is 25.2. The van der Waals surface area contributed by atoms with Gasteiger partial charge in [0, 0.05) is 25.8 Å². The summed E-state index contributed by atoms with van der Waals surface area (Å²) in [6.45, 7) is 13.5. The quantitative estimate of drug-likeness (QED) is 0.0414. The number of benzene rings is 2. The third-order valence-corrected chi connectivity index (χ3v) is 13.0. The average molecular weight is 1130 g/mol. The van der Waals surface area contributed by atoms with Gasteiger partial charge in [-0.15, -0.1) is 0 Å². The molecule has 0 aliphatic carbocycles. The van der Waals surface area contributed by atoms with Crippen LogP contribution in [0, 0.1) is 17.8 Å². The second-order valence-electron chi connectivity index (χ2n) is 20.9. The highest BCUT2D eigenvalue weighted by Crippen LogP contribution is 2.17. The lowest BCUT2D eigenvalue weighted by atomic mass is 9.96. The summed E-state index contributed by atoms with van der Waals surface area (Å²) < 4.78 is 0. The van der Waals surface area contributed by atoms with Gasteiger partial charge in [-0.25, -0.2) is 0 Å². The molecule has 14 N–H and O–H groups in total. The van der Waals surface area contributed by atoms with Crippen LogP contribution in [0.1, 0.15) is 124 Å². The number of carboxylic acids is 1. The monoisotopic (exact) mass is 1120 g/mol. The number of unbranched alkanes of at least 4 members (excludes halogenated alkanes) is 2. The maximum atomic E-state index is 14.5. The Labute approximate surface area is 469 Å². The Morgan fingerprint density at radius 2 is 0.900 bits per heavy atom. The van der Waals surface area contributed by atoms with Crippen LogP contribution in [-0.4, -0.2) is 155 Å². The summed E-state index contributed by atoms with van der Waals surface area (Å²) in [4.78, 5) is 136. The van der Waals surface area contributed by atoms with Crippen LogP contribution >= 0.6 is 0 Å². The zero-order valence-corrected chi connectivity index (χ0v) is 47.7. The van der Waals surface area contributed by atoms with Crippen molar-refractivity contribution in [2.45, 2.75) is 174 Å². The first-order valence-electron chi connectivity index (χ1n) is 27.6. The molecular weight excluding hydrogens is 1040 g/mol. The number of aliphatic hydroxyl groups excluding tert-OH is 1. The van der Waals surface area contributed by atoms with E-state index in [0.29, 0.717) is 30.4 Å². The molecule has 0 radical (unpaired) electrons. The van der Waals surface area contributed by atoms with Crippen molar-refractivity contribution in [3.63, 3.8) is 0 Å². The molecule has 0 aliphatic rings. The van der Waals surface area contributed by atoms with E-state index in [1.165, 1.54) is 43.4 Å². The summed E-state index contributed by atoms with van der Waals surface area (Å²) in [6, 6.07) is 1.34. The standard InChI is InChI=1S/C56H88N10O14/c1-10-13-14-15-39(60-54(78)44(29-36-18-22-38(69)23-19-36)63-52(76)41(26-32(4)5)61-51(75)40(24-25-47(71)72)59-46(70)30-57-9)50(74)65-45(31-67)55(79)66-48(34(8)11-2)56(80)64-42(27-33(6)7)53(77)62-43(49(73)58-12-3)28-35-16-20-37(68)21-17-35/h16-23,32-34,39-45,48,57,67-69H,10-15,24-31H2,1-9H3,(H,58,73)(H,59,70)(H,60,78)(H,61,75)(H,62,77)(H,63,76)(H,64,80)(H,65,74)(H,66,79)(H,71,72)/t34-,39-,40-,41-,42-,43-,44-,45-,48-/m0/s1. The number of carboxylic acid groups (broad SMARTS) is 1. The summed E-state index contributed by atoms with van der Waals surface area (Å²) in [5.41, 5.74) is 1.12. The van der Waals surface area contributed by atoms with E-state index < -0.39 is 126 Å². The van der Waals surface area contributed by atoms with Crippen LogP contribution in [0.4, 0.5) is 0 Å². The van der Waals surface area contributed by atoms with Crippen molar-refractivity contribution in [3.8, 4) is 11.5 Å². The molecule has 24 nitrogen and oxygen atoms in total. The molecule has 0 saturated heterocycles. The van der Waals surface area contributed by atoms with Crippen LogP contribution in [0.15, 0.2) is 48.5 Å². The normalized spacial score (nSPS) is 14.6. The van der Waals surface area contributed by atoms with Gasteiger partial charge < -0.3 is 73.6 Å². The Balaban J connectivity index is 2.44. The molecule has 2 rings (SSSR count). The van der Waals surface area contributed by atoms with E-state index in [1.807, 2.05) is 20.8 Å². The fraction of sp³-hybridized carbons (Fsp3) is 0.607. The average Bonchev–Trinajstić information content (AvgIpc) is 3.40. The number of amides is 9. The number of hydrogen-bond donors (Lipinski definition) is 14. The molecule has 0 fully saturated rings. The first kappa shape index (κ1) is 68.8. The molecule has 80 heavy (non-hydrogen) atoms. The van der Waals surface area contributed by atoms with Crippen LogP contribution < -0.4 is 53.2 Å². The predicted molar refractivity (Wildman–Crippen MR) is 298 cm³/mol. The number of phenols is 2. The first-order valence-corrected chi connectivity index (χ1v) is 27.6. The molecule has 2 aromatic carbocycles. The number of likely N-dealkylation sites (N-methyl/N-ethyl adjacent to an activating group) is 2. The number of carbonyl (C=O) groups is 10. The lowest BCUT2D eigenvalue weighted by Crippen LogP contribution is -2.62. The largest absolute Gasteiger partial charge is 0.508 e. The van der Waals surface area contributed by atoms with Crippen molar-refractivity contribution in [2.24, 2.45) is 17.8 Å². The molecule has 0 aromatic heterocycles. The zero-order chi connectivity index (χ0) is 60.1. The molecule has 0 spiro atoms. The van der Waals surface area contributed by atoms with E-state index >= 15 is 0 Å². The van der Waals surface area contributed by atoms with Gasteiger partial charge in [-0.1, -0.05) is 98.4 Å². The second-order valence-corrected chi connectivity index (χ2v) is 20.9. The maximum absolute atomic E-state index is 14.5. The number of aliphatic carboxylic acids is 1. The van der Waals surface area contributed by atoms with E-state index in [9.17, 15) is 68.4 Å². The number of aliphatic hydroxyl groups is 1. The SMILES string of the molecule is CCCCC[C@H](NC(=O)[C@H](Cc1ccc(O)cc1)NC(=O)[C@H](CC(C)C)NC(=O)[C@H](CCC(=O)O)NC(=O)CNC)C(=O)N[C@@H](CO)C(=O)N[C@H](C(=O)N[C@@H](CC(C)C)C(=O)N[C@@H](Cc1ccc(O)cc1)C(=O)NCC)[C@@H](C)CC. The highest BCUT2D eigenvalue weighted by molar-refractivity contribution is 5.98. The van der Waals surface area contributed by atoms with Crippen LogP contribution in [0.3, 0.4) is 0 Å².